The van der Waals surface area contributed by atoms with Gasteiger partial charge in [-0.15, -0.1) is 0 Å². The van der Waals surface area contributed by atoms with E-state index in [4.69, 9.17) is 4.42 Å². The van der Waals surface area contributed by atoms with Crippen molar-refractivity contribution in [1.82, 2.24) is 16.0 Å². The van der Waals surface area contributed by atoms with Crippen LogP contribution >= 0.6 is 0 Å². The summed E-state index contributed by atoms with van der Waals surface area (Å²) in [5.74, 6) is -0.232. The van der Waals surface area contributed by atoms with Crippen LogP contribution in [0.5, 0.6) is 0 Å². The smallest absolute Gasteiger partial charge is 0.239 e. The normalized spacial score (nSPS) is 16.9. The lowest BCUT2D eigenvalue weighted by Gasteiger charge is -2.21. The van der Waals surface area contributed by atoms with Crippen molar-refractivity contribution in [2.75, 3.05) is 31.6 Å². The van der Waals surface area contributed by atoms with Gasteiger partial charge < -0.3 is 25.3 Å². The molecule has 0 aliphatic carbocycles. The Morgan fingerprint density at radius 1 is 1.25 bits per heavy atom. The lowest BCUT2D eigenvalue weighted by atomic mass is 10.2. The number of rotatable bonds is 6. The molecule has 0 saturated carbocycles. The van der Waals surface area contributed by atoms with E-state index in [0.29, 0.717) is 37.8 Å². The molecule has 1 saturated heterocycles. The fourth-order valence-corrected chi connectivity index (χ4v) is 3.09. The Bertz CT molecular complexity index is 805. The first kappa shape index (κ1) is 19.7. The average Bonchev–Trinajstić information content (AvgIpc) is 3.35. The molecule has 1 fully saturated rings. The third-order valence-electron chi connectivity index (χ3n) is 4.46. The van der Waals surface area contributed by atoms with Crippen molar-refractivity contribution in [3.63, 3.8) is 0 Å². The van der Waals surface area contributed by atoms with E-state index in [1.54, 1.807) is 30.3 Å². The van der Waals surface area contributed by atoms with Crippen LogP contribution in [0.2, 0.25) is 0 Å². The molecule has 0 radical (unpaired) electrons. The fourth-order valence-electron chi connectivity index (χ4n) is 3.09. The number of hydrogen-bond donors (Lipinski definition) is 3. The van der Waals surface area contributed by atoms with Crippen LogP contribution < -0.4 is 20.9 Å². The first-order chi connectivity index (χ1) is 13.6. The van der Waals surface area contributed by atoms with Crippen molar-refractivity contribution in [1.29, 1.82) is 0 Å². The Morgan fingerprint density at radius 2 is 2.04 bits per heavy atom. The number of guanidine groups is 1. The van der Waals surface area contributed by atoms with Gasteiger partial charge in [0.15, 0.2) is 5.96 Å². The van der Waals surface area contributed by atoms with Crippen LogP contribution in [0.4, 0.5) is 14.5 Å². The van der Waals surface area contributed by atoms with Gasteiger partial charge in [0, 0.05) is 26.2 Å². The molecular weight excluding hydrogens is 368 g/mol. The van der Waals surface area contributed by atoms with E-state index in [-0.39, 0.29) is 24.2 Å². The Morgan fingerprint density at radius 3 is 2.71 bits per heavy atom. The van der Waals surface area contributed by atoms with Crippen molar-refractivity contribution in [2.45, 2.75) is 19.0 Å². The van der Waals surface area contributed by atoms with Gasteiger partial charge in [-0.1, -0.05) is 6.07 Å². The summed E-state index contributed by atoms with van der Waals surface area (Å²) >= 11 is 0. The Balaban J connectivity index is 1.45. The molecule has 28 heavy (non-hydrogen) atoms. The molecule has 1 atom stereocenters. The topological polar surface area (TPSA) is 81.9 Å². The van der Waals surface area contributed by atoms with E-state index in [2.05, 4.69) is 20.9 Å². The second-order valence-electron chi connectivity index (χ2n) is 6.43. The molecule has 9 heteroatoms. The predicted octanol–water partition coefficient (Wildman–Crippen LogP) is 1.62. The Labute approximate surface area is 161 Å². The van der Waals surface area contributed by atoms with Gasteiger partial charge in [-0.2, -0.15) is 0 Å². The van der Waals surface area contributed by atoms with Crippen LogP contribution in [0.25, 0.3) is 0 Å². The summed E-state index contributed by atoms with van der Waals surface area (Å²) in [6.07, 6.45) is 2.24. The number of furan rings is 1. The maximum absolute atomic E-state index is 14.0. The van der Waals surface area contributed by atoms with Gasteiger partial charge in [-0.05, 0) is 30.7 Å². The highest BCUT2D eigenvalue weighted by molar-refractivity contribution is 5.86. The Kier molecular flexibility index (Phi) is 6.46. The predicted molar refractivity (Wildman–Crippen MR) is 102 cm³/mol. The summed E-state index contributed by atoms with van der Waals surface area (Å²) < 4.78 is 33.1. The molecule has 2 aromatic rings. The number of hydrogen-bond acceptors (Lipinski definition) is 4. The zero-order valence-corrected chi connectivity index (χ0v) is 15.5. The van der Waals surface area contributed by atoms with E-state index in [0.717, 1.165) is 0 Å². The minimum atomic E-state index is -0.573. The fraction of sp³-hybridized carbons (Fsp3) is 0.368. The van der Waals surface area contributed by atoms with E-state index >= 15 is 0 Å². The summed E-state index contributed by atoms with van der Waals surface area (Å²) in [7, 11) is 1.60. The summed E-state index contributed by atoms with van der Waals surface area (Å²) in [5, 5.41) is 8.85. The van der Waals surface area contributed by atoms with Crippen LogP contribution in [0, 0.1) is 11.6 Å². The zero-order chi connectivity index (χ0) is 19.9. The molecule has 1 aromatic carbocycles. The standard InChI is InChI=1S/C19H23F2N5O2/c1-22-19(24-11-17(27)23-10-14-4-3-9-28-14)25-13-7-8-26(12-13)18-15(20)5-2-6-16(18)21/h2-6,9,13H,7-8,10-12H2,1H3,(H,23,27)(H2,22,24,25). The van der Waals surface area contributed by atoms with Crippen LogP contribution in [-0.2, 0) is 11.3 Å². The number of carbonyl (C=O) groups is 1. The SMILES string of the molecule is CN=C(NCC(=O)NCc1ccco1)NC1CCN(c2c(F)cccc2F)C1. The summed E-state index contributed by atoms with van der Waals surface area (Å²) in [4.78, 5) is 17.7. The number of nitrogens with one attached hydrogen (secondary N) is 3. The molecule has 150 valence electrons. The van der Waals surface area contributed by atoms with Crippen molar-refractivity contribution in [2.24, 2.45) is 4.99 Å². The number of anilines is 1. The van der Waals surface area contributed by atoms with Crippen molar-refractivity contribution in [3.8, 4) is 0 Å². The molecule has 0 spiro atoms. The van der Waals surface area contributed by atoms with Crippen molar-refractivity contribution >= 4 is 17.6 Å². The molecule has 1 amide bonds. The number of benzene rings is 1. The lowest BCUT2D eigenvalue weighted by Crippen LogP contribution is -2.47. The number of carbonyl (C=O) groups excluding carboxylic acids is 1. The summed E-state index contributed by atoms with van der Waals surface area (Å²) in [5.41, 5.74) is -0.00736. The van der Waals surface area contributed by atoms with Gasteiger partial charge in [0.2, 0.25) is 5.91 Å². The van der Waals surface area contributed by atoms with Gasteiger partial charge >= 0.3 is 0 Å². The molecule has 2 heterocycles. The maximum Gasteiger partial charge on any atom is 0.239 e. The van der Waals surface area contributed by atoms with E-state index in [9.17, 15) is 13.6 Å². The van der Waals surface area contributed by atoms with Gasteiger partial charge in [0.25, 0.3) is 0 Å². The molecule has 3 rings (SSSR count). The lowest BCUT2D eigenvalue weighted by molar-refractivity contribution is -0.120. The van der Waals surface area contributed by atoms with E-state index < -0.39 is 11.6 Å². The molecule has 1 unspecified atom stereocenters. The van der Waals surface area contributed by atoms with Gasteiger partial charge in [0.1, 0.15) is 23.1 Å². The monoisotopic (exact) mass is 391 g/mol. The van der Waals surface area contributed by atoms with Crippen LogP contribution in [0.3, 0.4) is 0 Å². The molecule has 0 bridgehead atoms. The minimum absolute atomic E-state index is 0.00736. The van der Waals surface area contributed by atoms with Crippen LogP contribution in [0.1, 0.15) is 12.2 Å². The molecule has 3 N–H and O–H groups in total. The van der Waals surface area contributed by atoms with E-state index in [1.165, 1.54) is 18.2 Å². The van der Waals surface area contributed by atoms with Gasteiger partial charge in [-0.3, -0.25) is 9.79 Å². The number of halogens is 2. The van der Waals surface area contributed by atoms with Crippen molar-refractivity contribution in [3.05, 3.63) is 54.0 Å². The highest BCUT2D eigenvalue weighted by Crippen LogP contribution is 2.26. The molecule has 1 aromatic heterocycles. The van der Waals surface area contributed by atoms with Crippen molar-refractivity contribution < 1.29 is 18.0 Å². The highest BCUT2D eigenvalue weighted by atomic mass is 19.1. The van der Waals surface area contributed by atoms with Crippen LogP contribution in [0.15, 0.2) is 46.0 Å². The summed E-state index contributed by atoms with van der Waals surface area (Å²) in [6, 6.07) is 7.34. The highest BCUT2D eigenvalue weighted by Gasteiger charge is 2.27. The van der Waals surface area contributed by atoms with Gasteiger partial charge in [-0.25, -0.2) is 8.78 Å². The van der Waals surface area contributed by atoms with Gasteiger partial charge in [0.05, 0.1) is 19.4 Å². The number of aliphatic imine (C=N–C) groups is 1. The number of amides is 1. The zero-order valence-electron chi connectivity index (χ0n) is 15.5. The Hall–Kier alpha value is -3.10. The molecule has 1 aliphatic heterocycles. The first-order valence-corrected chi connectivity index (χ1v) is 9.02. The summed E-state index contributed by atoms with van der Waals surface area (Å²) in [6.45, 7) is 1.31. The second kappa shape index (κ2) is 9.20. The second-order valence-corrected chi connectivity index (χ2v) is 6.43. The molecule has 7 nitrogen and oxygen atoms in total. The minimum Gasteiger partial charge on any atom is -0.467 e. The average molecular weight is 391 g/mol. The third kappa shape index (κ3) is 4.99. The van der Waals surface area contributed by atoms with E-state index in [1.807, 2.05) is 0 Å². The first-order valence-electron chi connectivity index (χ1n) is 9.02. The molecular formula is C19H23F2N5O2. The number of nitrogens with zero attached hydrogens (tertiary/aromatic N) is 2. The third-order valence-corrected chi connectivity index (χ3v) is 4.46. The van der Waals surface area contributed by atoms with Crippen LogP contribution in [-0.4, -0.2) is 44.6 Å². The molecule has 1 aliphatic rings. The maximum atomic E-state index is 14.0. The quantitative estimate of drug-likeness (QED) is 0.515. The largest absolute Gasteiger partial charge is 0.467 e. The number of para-hydroxylation sites is 1.